The first-order valence-electron chi connectivity index (χ1n) is 13.8. The van der Waals surface area contributed by atoms with Crippen LogP contribution >= 0.6 is 0 Å². The van der Waals surface area contributed by atoms with Crippen molar-refractivity contribution in [3.63, 3.8) is 0 Å². The third-order valence-electron chi connectivity index (χ3n) is 7.65. The molecule has 0 bridgehead atoms. The van der Waals surface area contributed by atoms with Crippen molar-refractivity contribution < 1.29 is 19.1 Å². The SMILES string of the molecule is COC(=O)c1cc(C2=CCCNC2)cc(C2CC2)c1.COC(=O)c1cc(C2=CCCNC2)cc(C2CC2)c1. The van der Waals surface area contributed by atoms with Crippen LogP contribution in [0.1, 0.15) is 93.3 Å². The van der Waals surface area contributed by atoms with Gasteiger partial charge in [0, 0.05) is 13.1 Å². The van der Waals surface area contributed by atoms with Crippen LogP contribution in [-0.2, 0) is 9.47 Å². The molecule has 2 N–H and O–H groups in total. The molecular formula is C32H38N2O4. The minimum absolute atomic E-state index is 0.242. The van der Waals surface area contributed by atoms with Gasteiger partial charge in [-0.15, -0.1) is 0 Å². The summed E-state index contributed by atoms with van der Waals surface area (Å²) in [6.45, 7) is 3.84. The predicted octanol–water partition coefficient (Wildman–Crippen LogP) is 5.45. The zero-order chi connectivity index (χ0) is 26.5. The van der Waals surface area contributed by atoms with Gasteiger partial charge < -0.3 is 20.1 Å². The Kier molecular flexibility index (Phi) is 8.40. The van der Waals surface area contributed by atoms with E-state index < -0.39 is 0 Å². The third kappa shape index (κ3) is 6.61. The van der Waals surface area contributed by atoms with Gasteiger partial charge in [0.05, 0.1) is 25.3 Å². The standard InChI is InChI=1S/2C16H19NO2/c2*1-19-16(18)15-8-13(11-4-5-11)7-14(9-15)12-3-2-6-17-10-12/h2*3,7-9,11,17H,2,4-6,10H2,1H3. The highest BCUT2D eigenvalue weighted by Crippen LogP contribution is 2.42. The monoisotopic (exact) mass is 514 g/mol. The average molecular weight is 515 g/mol. The summed E-state index contributed by atoms with van der Waals surface area (Å²) in [5.74, 6) is 0.794. The number of nitrogens with one attached hydrogen (secondary N) is 2. The quantitative estimate of drug-likeness (QED) is 0.499. The molecule has 0 radical (unpaired) electrons. The van der Waals surface area contributed by atoms with E-state index in [0.29, 0.717) is 23.0 Å². The summed E-state index contributed by atoms with van der Waals surface area (Å²) in [6, 6.07) is 12.4. The maximum absolute atomic E-state index is 11.8. The predicted molar refractivity (Wildman–Crippen MR) is 150 cm³/mol. The van der Waals surface area contributed by atoms with Gasteiger partial charge in [-0.25, -0.2) is 9.59 Å². The molecule has 2 fully saturated rings. The summed E-state index contributed by atoms with van der Waals surface area (Å²) in [5, 5.41) is 6.75. The van der Waals surface area contributed by atoms with E-state index in [0.717, 1.165) is 50.1 Å². The van der Waals surface area contributed by atoms with E-state index in [9.17, 15) is 9.59 Å². The molecule has 2 saturated carbocycles. The molecular weight excluding hydrogens is 476 g/mol. The van der Waals surface area contributed by atoms with Crippen molar-refractivity contribution in [3.8, 4) is 0 Å². The number of ether oxygens (including phenoxy) is 2. The average Bonchev–Trinajstić information content (AvgIpc) is 3.90. The van der Waals surface area contributed by atoms with Crippen molar-refractivity contribution in [2.45, 2.75) is 50.4 Å². The van der Waals surface area contributed by atoms with Crippen molar-refractivity contribution in [2.24, 2.45) is 0 Å². The summed E-state index contributed by atoms with van der Waals surface area (Å²) in [5.41, 5.74) is 8.82. The minimum atomic E-state index is -0.242. The molecule has 6 nitrogen and oxygen atoms in total. The molecule has 2 aliphatic heterocycles. The second-order valence-corrected chi connectivity index (χ2v) is 10.6. The maximum Gasteiger partial charge on any atom is 0.337 e. The number of carbonyl (C=O) groups excluding carboxylic acids is 2. The van der Waals surface area contributed by atoms with E-state index in [4.69, 9.17) is 9.47 Å². The molecule has 4 aliphatic rings. The Morgan fingerprint density at radius 2 is 1.08 bits per heavy atom. The van der Waals surface area contributed by atoms with Crippen LogP contribution in [0, 0.1) is 0 Å². The molecule has 6 rings (SSSR count). The van der Waals surface area contributed by atoms with Gasteiger partial charge in [0.2, 0.25) is 0 Å². The molecule has 0 atom stereocenters. The minimum Gasteiger partial charge on any atom is -0.465 e. The fourth-order valence-electron chi connectivity index (χ4n) is 5.18. The lowest BCUT2D eigenvalue weighted by Gasteiger charge is -2.16. The lowest BCUT2D eigenvalue weighted by atomic mass is 9.96. The zero-order valence-electron chi connectivity index (χ0n) is 22.5. The van der Waals surface area contributed by atoms with E-state index >= 15 is 0 Å². The zero-order valence-corrected chi connectivity index (χ0v) is 22.5. The van der Waals surface area contributed by atoms with Crippen LogP contribution in [0.5, 0.6) is 0 Å². The van der Waals surface area contributed by atoms with Crippen LogP contribution in [0.4, 0.5) is 0 Å². The van der Waals surface area contributed by atoms with Crippen LogP contribution in [0.25, 0.3) is 11.1 Å². The van der Waals surface area contributed by atoms with Crippen molar-refractivity contribution in [1.29, 1.82) is 0 Å². The summed E-state index contributed by atoms with van der Waals surface area (Å²) in [4.78, 5) is 23.6. The molecule has 0 spiro atoms. The molecule has 38 heavy (non-hydrogen) atoms. The highest BCUT2D eigenvalue weighted by atomic mass is 16.5. The van der Waals surface area contributed by atoms with Gasteiger partial charge in [-0.3, -0.25) is 0 Å². The molecule has 0 aromatic heterocycles. The number of methoxy groups -OCH3 is 2. The van der Waals surface area contributed by atoms with Gasteiger partial charge in [-0.1, -0.05) is 24.3 Å². The first-order valence-corrected chi connectivity index (χ1v) is 13.8. The molecule has 2 aromatic carbocycles. The molecule has 0 unspecified atom stereocenters. The summed E-state index contributed by atoms with van der Waals surface area (Å²) in [7, 11) is 2.88. The van der Waals surface area contributed by atoms with Gasteiger partial charge in [0.1, 0.15) is 0 Å². The number of esters is 2. The summed E-state index contributed by atoms with van der Waals surface area (Å²) >= 11 is 0. The molecule has 0 saturated heterocycles. The molecule has 2 aromatic rings. The lowest BCUT2D eigenvalue weighted by Crippen LogP contribution is -2.21. The van der Waals surface area contributed by atoms with E-state index in [-0.39, 0.29) is 11.9 Å². The van der Waals surface area contributed by atoms with Crippen molar-refractivity contribution in [3.05, 3.63) is 81.9 Å². The second kappa shape index (κ2) is 12.1. The van der Waals surface area contributed by atoms with Gasteiger partial charge in [0.25, 0.3) is 0 Å². The molecule has 2 aliphatic carbocycles. The first kappa shape index (κ1) is 26.4. The molecule has 2 heterocycles. The van der Waals surface area contributed by atoms with E-state index in [1.54, 1.807) is 0 Å². The topological polar surface area (TPSA) is 76.7 Å². The second-order valence-electron chi connectivity index (χ2n) is 10.6. The Hall–Kier alpha value is -3.22. The van der Waals surface area contributed by atoms with Crippen molar-refractivity contribution >= 4 is 23.1 Å². The summed E-state index contributed by atoms with van der Waals surface area (Å²) in [6.07, 6.45) is 11.6. The lowest BCUT2D eigenvalue weighted by molar-refractivity contribution is 0.0591. The first-order chi connectivity index (χ1) is 18.6. The third-order valence-corrected chi connectivity index (χ3v) is 7.65. The number of hydrogen-bond acceptors (Lipinski definition) is 6. The van der Waals surface area contributed by atoms with Crippen LogP contribution < -0.4 is 10.6 Å². The number of rotatable bonds is 6. The fraction of sp³-hybridized carbons (Fsp3) is 0.438. The van der Waals surface area contributed by atoms with Gasteiger partial charge in [-0.05, 0) is 121 Å². The number of carbonyl (C=O) groups is 2. The Balaban J connectivity index is 0.000000155. The Morgan fingerprint density at radius 3 is 1.39 bits per heavy atom. The van der Waals surface area contributed by atoms with Crippen LogP contribution in [0.3, 0.4) is 0 Å². The molecule has 200 valence electrons. The van der Waals surface area contributed by atoms with Crippen molar-refractivity contribution in [2.75, 3.05) is 40.4 Å². The van der Waals surface area contributed by atoms with Crippen LogP contribution in [0.15, 0.2) is 48.6 Å². The summed E-state index contributed by atoms with van der Waals surface area (Å²) < 4.78 is 9.72. The number of benzene rings is 2. The maximum atomic E-state index is 11.8. The Bertz CT molecular complexity index is 1160. The van der Waals surface area contributed by atoms with E-state index in [1.807, 2.05) is 24.3 Å². The van der Waals surface area contributed by atoms with Gasteiger partial charge in [-0.2, -0.15) is 0 Å². The number of hydrogen-bond donors (Lipinski definition) is 2. The Morgan fingerprint density at radius 1 is 0.658 bits per heavy atom. The van der Waals surface area contributed by atoms with Crippen LogP contribution in [-0.4, -0.2) is 52.3 Å². The normalized spacial score (nSPS) is 18.9. The highest BCUT2D eigenvalue weighted by molar-refractivity contribution is 5.91. The largest absolute Gasteiger partial charge is 0.465 e. The van der Waals surface area contributed by atoms with Gasteiger partial charge in [0.15, 0.2) is 0 Å². The van der Waals surface area contributed by atoms with E-state index in [1.165, 1.54) is 62.2 Å². The smallest absolute Gasteiger partial charge is 0.337 e. The van der Waals surface area contributed by atoms with Crippen LogP contribution in [0.2, 0.25) is 0 Å². The van der Waals surface area contributed by atoms with E-state index in [2.05, 4.69) is 34.9 Å². The Labute approximate surface area is 225 Å². The fourth-order valence-corrected chi connectivity index (χ4v) is 5.18. The highest BCUT2D eigenvalue weighted by Gasteiger charge is 2.26. The van der Waals surface area contributed by atoms with Crippen molar-refractivity contribution in [1.82, 2.24) is 10.6 Å². The molecule has 0 amide bonds. The van der Waals surface area contributed by atoms with Gasteiger partial charge >= 0.3 is 11.9 Å². The molecule has 6 heteroatoms.